The Hall–Kier alpha value is -3.74. The number of carbonyl (C=O) groups excluding carboxylic acids is 3. The highest BCUT2D eigenvalue weighted by atomic mass is 16.5. The number of ether oxygens (including phenoxy) is 1. The van der Waals surface area contributed by atoms with Gasteiger partial charge >= 0.3 is 5.97 Å². The van der Waals surface area contributed by atoms with Crippen molar-refractivity contribution in [3.05, 3.63) is 77.1 Å². The molecule has 0 spiro atoms. The van der Waals surface area contributed by atoms with Gasteiger partial charge < -0.3 is 10.1 Å². The number of anilines is 1. The van der Waals surface area contributed by atoms with Crippen molar-refractivity contribution in [3.63, 3.8) is 0 Å². The zero-order chi connectivity index (χ0) is 20.3. The van der Waals surface area contributed by atoms with Crippen LogP contribution in [0.15, 0.2) is 54.6 Å². The van der Waals surface area contributed by atoms with E-state index in [4.69, 9.17) is 0 Å². The molecule has 0 saturated carbocycles. The fourth-order valence-electron chi connectivity index (χ4n) is 2.90. The van der Waals surface area contributed by atoms with Gasteiger partial charge in [-0.1, -0.05) is 18.2 Å². The topological polar surface area (TPSA) is 90.3 Å². The molecule has 0 atom stereocenters. The van der Waals surface area contributed by atoms with Crippen molar-refractivity contribution < 1.29 is 19.1 Å². The lowest BCUT2D eigenvalue weighted by molar-refractivity contribution is -0.112. The molecule has 2 aromatic carbocycles. The molecule has 0 radical (unpaired) electrons. The summed E-state index contributed by atoms with van der Waals surface area (Å²) in [6.07, 6.45) is 0. The molecule has 142 valence electrons. The molecule has 1 heterocycles. The minimum Gasteiger partial charge on any atom is -0.465 e. The first-order valence-electron chi connectivity index (χ1n) is 8.58. The zero-order valence-electron chi connectivity index (χ0n) is 15.7. The third-order valence-corrected chi connectivity index (χ3v) is 4.29. The molecular formula is C21H19N3O4. The van der Waals surface area contributed by atoms with Crippen molar-refractivity contribution in [2.24, 2.45) is 0 Å². The lowest BCUT2D eigenvalue weighted by atomic mass is 10.1. The van der Waals surface area contributed by atoms with Gasteiger partial charge in [-0.15, -0.1) is 0 Å². The molecule has 0 aliphatic rings. The number of ketones is 1. The van der Waals surface area contributed by atoms with Crippen LogP contribution in [-0.4, -0.2) is 34.6 Å². The summed E-state index contributed by atoms with van der Waals surface area (Å²) in [6, 6.07) is 15.5. The number of rotatable bonds is 5. The van der Waals surface area contributed by atoms with Crippen molar-refractivity contribution in [3.8, 4) is 5.69 Å². The molecule has 1 aromatic heterocycles. The van der Waals surface area contributed by atoms with E-state index in [1.165, 1.54) is 31.4 Å². The average molecular weight is 377 g/mol. The third-order valence-electron chi connectivity index (χ3n) is 4.29. The number of aromatic nitrogens is 2. The first-order valence-corrected chi connectivity index (χ1v) is 8.58. The van der Waals surface area contributed by atoms with Crippen LogP contribution in [-0.2, 0) is 9.53 Å². The van der Waals surface area contributed by atoms with Gasteiger partial charge in [-0.3, -0.25) is 9.59 Å². The summed E-state index contributed by atoms with van der Waals surface area (Å²) < 4.78 is 6.27. The third kappa shape index (κ3) is 3.68. The number of benzene rings is 2. The van der Waals surface area contributed by atoms with Crippen molar-refractivity contribution in [2.75, 3.05) is 12.4 Å². The molecule has 3 aromatic rings. The molecular weight excluding hydrogens is 358 g/mol. The van der Waals surface area contributed by atoms with Crippen LogP contribution in [0, 0.1) is 13.8 Å². The van der Waals surface area contributed by atoms with Crippen molar-refractivity contribution in [2.45, 2.75) is 13.8 Å². The highest BCUT2D eigenvalue weighted by Crippen LogP contribution is 2.19. The van der Waals surface area contributed by atoms with Gasteiger partial charge in [-0.2, -0.15) is 5.10 Å². The van der Waals surface area contributed by atoms with Gasteiger partial charge in [0.2, 0.25) is 0 Å². The summed E-state index contributed by atoms with van der Waals surface area (Å²) in [5.74, 6) is -1.92. The highest BCUT2D eigenvalue weighted by Gasteiger charge is 2.25. The van der Waals surface area contributed by atoms with E-state index >= 15 is 0 Å². The van der Waals surface area contributed by atoms with E-state index in [1.54, 1.807) is 18.5 Å². The maximum absolute atomic E-state index is 12.7. The Labute approximate surface area is 161 Å². The Morgan fingerprint density at radius 1 is 0.964 bits per heavy atom. The van der Waals surface area contributed by atoms with Crippen LogP contribution < -0.4 is 5.32 Å². The van der Waals surface area contributed by atoms with Crippen LogP contribution in [0.3, 0.4) is 0 Å². The van der Waals surface area contributed by atoms with Crippen molar-refractivity contribution in [1.29, 1.82) is 0 Å². The van der Waals surface area contributed by atoms with Crippen LogP contribution in [0.2, 0.25) is 0 Å². The number of methoxy groups -OCH3 is 1. The van der Waals surface area contributed by atoms with Crippen molar-refractivity contribution >= 4 is 23.3 Å². The minimum atomic E-state index is -0.773. The number of hydrogen-bond donors (Lipinski definition) is 1. The van der Waals surface area contributed by atoms with Gasteiger partial charge in [0.15, 0.2) is 0 Å². The summed E-state index contributed by atoms with van der Waals surface area (Å²) in [6.45, 7) is 3.44. The molecule has 0 fully saturated rings. The van der Waals surface area contributed by atoms with Crippen molar-refractivity contribution in [1.82, 2.24) is 9.78 Å². The maximum atomic E-state index is 12.7. The Morgan fingerprint density at radius 3 is 2.21 bits per heavy atom. The number of nitrogens with zero attached hydrogens (tertiary/aromatic N) is 2. The Kier molecular flexibility index (Phi) is 5.35. The second kappa shape index (κ2) is 7.87. The van der Waals surface area contributed by atoms with Crippen LogP contribution in [0.25, 0.3) is 5.69 Å². The fourth-order valence-corrected chi connectivity index (χ4v) is 2.90. The average Bonchev–Trinajstić information content (AvgIpc) is 3.02. The normalized spacial score (nSPS) is 10.4. The highest BCUT2D eigenvalue weighted by molar-refractivity contribution is 6.47. The number of amides is 1. The van der Waals surface area contributed by atoms with Gasteiger partial charge in [-0.05, 0) is 50.2 Å². The predicted molar refractivity (Wildman–Crippen MR) is 104 cm³/mol. The lowest BCUT2D eigenvalue weighted by Gasteiger charge is -2.07. The SMILES string of the molecule is COC(=O)c1ccc(NC(=O)C(=O)c2c(C)nn(-c3ccccc3)c2C)cc1. The van der Waals surface area contributed by atoms with Gasteiger partial charge in [0.05, 0.1) is 35.3 Å². The molecule has 0 aliphatic heterocycles. The second-order valence-electron chi connectivity index (χ2n) is 6.15. The summed E-state index contributed by atoms with van der Waals surface area (Å²) in [5, 5.41) is 6.95. The Balaban J connectivity index is 1.81. The molecule has 28 heavy (non-hydrogen) atoms. The molecule has 0 unspecified atom stereocenters. The lowest BCUT2D eigenvalue weighted by Crippen LogP contribution is -2.24. The van der Waals surface area contributed by atoms with E-state index in [1.807, 2.05) is 30.3 Å². The van der Waals surface area contributed by atoms with Crippen LogP contribution >= 0.6 is 0 Å². The molecule has 7 nitrogen and oxygen atoms in total. The van der Waals surface area contributed by atoms with Crippen LogP contribution in [0.4, 0.5) is 5.69 Å². The van der Waals surface area contributed by atoms with E-state index in [2.05, 4.69) is 15.2 Å². The van der Waals surface area contributed by atoms with E-state index < -0.39 is 17.7 Å². The summed E-state index contributed by atoms with van der Waals surface area (Å²) >= 11 is 0. The number of esters is 1. The van der Waals surface area contributed by atoms with Gasteiger partial charge in [0.1, 0.15) is 0 Å². The maximum Gasteiger partial charge on any atom is 0.337 e. The largest absolute Gasteiger partial charge is 0.465 e. The van der Waals surface area contributed by atoms with Gasteiger partial charge in [0, 0.05) is 5.69 Å². The number of aryl methyl sites for hydroxylation is 1. The zero-order valence-corrected chi connectivity index (χ0v) is 15.7. The number of nitrogens with one attached hydrogen (secondary N) is 1. The summed E-state index contributed by atoms with van der Waals surface area (Å²) in [4.78, 5) is 36.6. The van der Waals surface area contributed by atoms with Gasteiger partial charge in [-0.25, -0.2) is 9.48 Å². The number of carbonyl (C=O) groups is 3. The molecule has 3 rings (SSSR count). The minimum absolute atomic E-state index is 0.271. The summed E-state index contributed by atoms with van der Waals surface area (Å²) in [5.41, 5.74) is 2.89. The first kappa shape index (κ1) is 19.0. The van der Waals surface area contributed by atoms with E-state index in [-0.39, 0.29) is 5.56 Å². The summed E-state index contributed by atoms with van der Waals surface area (Å²) in [7, 11) is 1.29. The molecule has 0 bridgehead atoms. The van der Waals surface area contributed by atoms with Crippen LogP contribution in [0.5, 0.6) is 0 Å². The Bertz CT molecular complexity index is 1040. The quantitative estimate of drug-likeness (QED) is 0.419. The standard InChI is InChI=1S/C21H19N3O4/c1-13-18(14(2)24(23-13)17-7-5-4-6-8-17)19(25)20(26)22-16-11-9-15(10-12-16)21(27)28-3/h4-12H,1-3H3,(H,22,26). The van der Waals surface area contributed by atoms with E-state index in [0.29, 0.717) is 22.6 Å². The predicted octanol–water partition coefficient (Wildman–Crippen LogP) is 3.10. The number of hydrogen-bond acceptors (Lipinski definition) is 5. The molecule has 0 saturated heterocycles. The monoisotopic (exact) mass is 377 g/mol. The molecule has 1 N–H and O–H groups in total. The molecule has 1 amide bonds. The number of para-hydroxylation sites is 1. The Morgan fingerprint density at radius 2 is 1.61 bits per heavy atom. The van der Waals surface area contributed by atoms with E-state index in [9.17, 15) is 14.4 Å². The number of Topliss-reactive ketones (excluding diaryl/α,β-unsaturated/α-hetero) is 1. The first-order chi connectivity index (χ1) is 13.4. The fraction of sp³-hybridized carbons (Fsp3) is 0.143. The molecule has 0 aliphatic carbocycles. The second-order valence-corrected chi connectivity index (χ2v) is 6.15. The van der Waals surface area contributed by atoms with Gasteiger partial charge in [0.25, 0.3) is 11.7 Å². The van der Waals surface area contributed by atoms with Crippen LogP contribution in [0.1, 0.15) is 32.1 Å². The molecule has 7 heteroatoms. The smallest absolute Gasteiger partial charge is 0.337 e. The van der Waals surface area contributed by atoms with E-state index in [0.717, 1.165) is 5.69 Å².